The van der Waals surface area contributed by atoms with Gasteiger partial charge >= 0.3 is 0 Å². The lowest BCUT2D eigenvalue weighted by Crippen LogP contribution is -2.39. The van der Waals surface area contributed by atoms with Gasteiger partial charge in [-0.25, -0.2) is 0 Å². The first kappa shape index (κ1) is 12.9. The van der Waals surface area contributed by atoms with Gasteiger partial charge in [-0.3, -0.25) is 5.01 Å². The molecule has 1 fully saturated rings. The first-order valence-electron chi connectivity index (χ1n) is 6.25. The fraction of sp³-hybridized carbons (Fsp3) is 0.500. The minimum atomic E-state index is 0.566. The Hall–Kier alpha value is -0.580. The molecule has 3 heteroatoms. The van der Waals surface area contributed by atoms with Gasteiger partial charge in [-0.1, -0.05) is 18.2 Å². The van der Waals surface area contributed by atoms with Crippen LogP contribution in [0.1, 0.15) is 38.7 Å². The molecule has 1 aliphatic rings. The summed E-state index contributed by atoms with van der Waals surface area (Å²) in [4.78, 5) is 0. The van der Waals surface area contributed by atoms with Crippen LogP contribution in [0.25, 0.3) is 0 Å². The van der Waals surface area contributed by atoms with Gasteiger partial charge in [-0.2, -0.15) is 5.10 Å². The molecule has 0 spiro atoms. The molecule has 92 valence electrons. The van der Waals surface area contributed by atoms with Gasteiger partial charge in [0.1, 0.15) is 0 Å². The maximum atomic E-state index is 4.68. The van der Waals surface area contributed by atoms with Gasteiger partial charge in [-0.15, -0.1) is 0 Å². The van der Waals surface area contributed by atoms with Crippen LogP contribution in [0, 0.1) is 3.57 Å². The van der Waals surface area contributed by atoms with Crippen LogP contribution in [0.15, 0.2) is 29.4 Å². The van der Waals surface area contributed by atoms with Crippen molar-refractivity contribution in [1.82, 2.24) is 5.01 Å². The molecule has 2 rings (SSSR count). The quantitative estimate of drug-likeness (QED) is 0.588. The zero-order valence-corrected chi connectivity index (χ0v) is 12.6. The summed E-state index contributed by atoms with van der Waals surface area (Å²) in [6, 6.07) is 9.49. The Bertz CT molecular complexity index is 393. The van der Waals surface area contributed by atoms with E-state index in [0.29, 0.717) is 12.1 Å². The van der Waals surface area contributed by atoms with Crippen molar-refractivity contribution >= 4 is 28.8 Å². The smallest absolute Gasteiger partial charge is 0.0553 e. The Labute approximate surface area is 117 Å². The van der Waals surface area contributed by atoms with Gasteiger partial charge in [0.25, 0.3) is 0 Å². The normalized spacial score (nSPS) is 25.5. The Morgan fingerprint density at radius 1 is 1.24 bits per heavy atom. The van der Waals surface area contributed by atoms with Crippen molar-refractivity contribution in [3.05, 3.63) is 33.4 Å². The monoisotopic (exact) mass is 342 g/mol. The Balaban J connectivity index is 2.11. The molecule has 0 radical (unpaired) electrons. The van der Waals surface area contributed by atoms with E-state index in [9.17, 15) is 0 Å². The number of hydrogen-bond acceptors (Lipinski definition) is 2. The summed E-state index contributed by atoms with van der Waals surface area (Å²) in [6.07, 6.45) is 5.85. The standard InChI is InChI=1S/C14H19IN2/c1-11-6-5-7-12(2)17(11)16-10-13-8-3-4-9-14(13)15/h3-4,8-12H,5-7H2,1-2H3/b16-10-/t11-,12-/m0/s1. The highest BCUT2D eigenvalue weighted by Gasteiger charge is 2.22. The molecule has 0 unspecified atom stereocenters. The fourth-order valence-corrected chi connectivity index (χ4v) is 2.87. The third-order valence-corrected chi connectivity index (χ3v) is 4.36. The van der Waals surface area contributed by atoms with Gasteiger partial charge in [0.05, 0.1) is 6.21 Å². The van der Waals surface area contributed by atoms with Crippen molar-refractivity contribution in [2.45, 2.75) is 45.2 Å². The van der Waals surface area contributed by atoms with Crippen LogP contribution in [0.3, 0.4) is 0 Å². The molecule has 0 amide bonds. The molecule has 0 bridgehead atoms. The number of piperidine rings is 1. The van der Waals surface area contributed by atoms with Crippen LogP contribution in [0.5, 0.6) is 0 Å². The van der Waals surface area contributed by atoms with E-state index in [-0.39, 0.29) is 0 Å². The molecule has 1 aromatic carbocycles. The van der Waals surface area contributed by atoms with E-state index in [1.165, 1.54) is 28.4 Å². The van der Waals surface area contributed by atoms with E-state index >= 15 is 0 Å². The topological polar surface area (TPSA) is 15.6 Å². The molecular weight excluding hydrogens is 323 g/mol. The van der Waals surface area contributed by atoms with Crippen molar-refractivity contribution in [3.8, 4) is 0 Å². The second-order valence-corrected chi connectivity index (χ2v) is 5.94. The number of nitrogens with zero attached hydrogens (tertiary/aromatic N) is 2. The molecule has 0 saturated carbocycles. The van der Waals surface area contributed by atoms with E-state index < -0.39 is 0 Å². The maximum Gasteiger partial charge on any atom is 0.0553 e. The molecule has 2 nitrogen and oxygen atoms in total. The molecule has 1 aromatic rings. The highest BCUT2D eigenvalue weighted by molar-refractivity contribution is 14.1. The number of benzene rings is 1. The number of hydrogen-bond donors (Lipinski definition) is 0. The van der Waals surface area contributed by atoms with E-state index in [2.05, 4.69) is 70.8 Å². The predicted octanol–water partition coefficient (Wildman–Crippen LogP) is 3.89. The lowest BCUT2D eigenvalue weighted by atomic mass is 10.00. The largest absolute Gasteiger partial charge is 0.292 e. The van der Waals surface area contributed by atoms with E-state index in [1.807, 2.05) is 6.21 Å². The van der Waals surface area contributed by atoms with Crippen molar-refractivity contribution in [1.29, 1.82) is 0 Å². The van der Waals surface area contributed by atoms with Crippen molar-refractivity contribution in [2.75, 3.05) is 0 Å². The van der Waals surface area contributed by atoms with Crippen molar-refractivity contribution in [3.63, 3.8) is 0 Å². The Kier molecular flexibility index (Phi) is 4.42. The minimum absolute atomic E-state index is 0.566. The predicted molar refractivity (Wildman–Crippen MR) is 81.4 cm³/mol. The number of rotatable bonds is 2. The van der Waals surface area contributed by atoms with Crippen LogP contribution in [-0.2, 0) is 0 Å². The highest BCUT2D eigenvalue weighted by atomic mass is 127. The molecule has 1 heterocycles. The number of hydrazone groups is 1. The highest BCUT2D eigenvalue weighted by Crippen LogP contribution is 2.22. The SMILES string of the molecule is C[C@H]1CCC[C@H](C)N1/N=C\c1ccccc1I. The summed E-state index contributed by atoms with van der Waals surface area (Å²) >= 11 is 2.36. The summed E-state index contributed by atoms with van der Waals surface area (Å²) in [7, 11) is 0. The van der Waals surface area contributed by atoms with E-state index in [1.54, 1.807) is 0 Å². The number of halogens is 1. The minimum Gasteiger partial charge on any atom is -0.292 e. The molecule has 17 heavy (non-hydrogen) atoms. The average molecular weight is 342 g/mol. The molecular formula is C14H19IN2. The molecule has 1 aliphatic heterocycles. The Morgan fingerprint density at radius 2 is 1.88 bits per heavy atom. The molecule has 0 aromatic heterocycles. The van der Waals surface area contributed by atoms with Crippen LogP contribution in [0.2, 0.25) is 0 Å². The molecule has 0 N–H and O–H groups in total. The van der Waals surface area contributed by atoms with E-state index in [0.717, 1.165) is 0 Å². The van der Waals surface area contributed by atoms with Crippen molar-refractivity contribution < 1.29 is 0 Å². The molecule has 0 aliphatic carbocycles. The molecule has 1 saturated heterocycles. The van der Waals surface area contributed by atoms with Crippen molar-refractivity contribution in [2.24, 2.45) is 5.10 Å². The second kappa shape index (κ2) is 5.85. The lowest BCUT2D eigenvalue weighted by Gasteiger charge is -2.36. The van der Waals surface area contributed by atoms with Gasteiger partial charge in [-0.05, 0) is 61.8 Å². The van der Waals surface area contributed by atoms with Gasteiger partial charge < -0.3 is 0 Å². The summed E-state index contributed by atoms with van der Waals surface area (Å²) < 4.78 is 1.26. The summed E-state index contributed by atoms with van der Waals surface area (Å²) in [6.45, 7) is 4.53. The van der Waals surface area contributed by atoms with E-state index in [4.69, 9.17) is 0 Å². The zero-order chi connectivity index (χ0) is 12.3. The van der Waals surface area contributed by atoms with Crippen LogP contribution in [-0.4, -0.2) is 23.3 Å². The molecule has 2 atom stereocenters. The zero-order valence-electron chi connectivity index (χ0n) is 10.4. The van der Waals surface area contributed by atoms with Gasteiger partial charge in [0.15, 0.2) is 0 Å². The average Bonchev–Trinajstić information content (AvgIpc) is 2.30. The summed E-state index contributed by atoms with van der Waals surface area (Å²) in [5.41, 5.74) is 1.21. The van der Waals surface area contributed by atoms with Crippen LogP contribution >= 0.6 is 22.6 Å². The fourth-order valence-electron chi connectivity index (χ4n) is 2.34. The lowest BCUT2D eigenvalue weighted by molar-refractivity contribution is 0.109. The third kappa shape index (κ3) is 3.21. The maximum absolute atomic E-state index is 4.68. The second-order valence-electron chi connectivity index (χ2n) is 4.78. The van der Waals surface area contributed by atoms with Crippen LogP contribution < -0.4 is 0 Å². The third-order valence-electron chi connectivity index (χ3n) is 3.38. The summed E-state index contributed by atoms with van der Waals surface area (Å²) in [5, 5.41) is 6.94. The van der Waals surface area contributed by atoms with Gasteiger partial charge in [0.2, 0.25) is 0 Å². The van der Waals surface area contributed by atoms with Crippen LogP contribution in [0.4, 0.5) is 0 Å². The summed E-state index contributed by atoms with van der Waals surface area (Å²) in [5.74, 6) is 0. The first-order chi connectivity index (χ1) is 8.18. The Morgan fingerprint density at radius 3 is 2.53 bits per heavy atom. The van der Waals surface area contributed by atoms with Gasteiger partial charge in [0, 0.05) is 21.2 Å². The first-order valence-corrected chi connectivity index (χ1v) is 7.33.